The minimum atomic E-state index is -1.80. The minimum absolute atomic E-state index is 0.137. The topological polar surface area (TPSA) is 38.8 Å². The van der Waals surface area contributed by atoms with E-state index in [1.807, 2.05) is 25.7 Å². The first-order chi connectivity index (χ1) is 9.77. The Morgan fingerprint density at radius 1 is 1.18 bits per heavy atom. The molecule has 0 bridgehead atoms. The van der Waals surface area contributed by atoms with Gasteiger partial charge in [-0.05, 0) is 51.7 Å². The van der Waals surface area contributed by atoms with Crippen LogP contribution in [0.15, 0.2) is 0 Å². The van der Waals surface area contributed by atoms with Gasteiger partial charge in [0, 0.05) is 12.6 Å². The average Bonchev–Trinajstić information content (AvgIpc) is 2.67. The van der Waals surface area contributed by atoms with E-state index < -0.39 is 13.9 Å². The highest BCUT2D eigenvalue weighted by atomic mass is 28.4. The minimum Gasteiger partial charge on any atom is -0.444 e. The van der Waals surface area contributed by atoms with Crippen molar-refractivity contribution in [3.05, 3.63) is 0 Å². The molecule has 1 saturated heterocycles. The van der Waals surface area contributed by atoms with Gasteiger partial charge in [-0.3, -0.25) is 0 Å². The maximum absolute atomic E-state index is 12.4. The molecule has 1 heterocycles. The normalized spacial score (nSPS) is 23.8. The molecule has 1 aliphatic heterocycles. The molecule has 0 saturated carbocycles. The van der Waals surface area contributed by atoms with Crippen molar-refractivity contribution in [3.8, 4) is 0 Å². The van der Waals surface area contributed by atoms with Crippen LogP contribution in [0.3, 0.4) is 0 Å². The maximum atomic E-state index is 12.4. The van der Waals surface area contributed by atoms with Crippen molar-refractivity contribution in [2.45, 2.75) is 97.2 Å². The third kappa shape index (κ3) is 4.98. The molecule has 1 fully saturated rings. The van der Waals surface area contributed by atoms with E-state index in [0.29, 0.717) is 6.54 Å². The van der Waals surface area contributed by atoms with Gasteiger partial charge in [0.15, 0.2) is 8.32 Å². The Balaban J connectivity index is 2.75. The lowest BCUT2D eigenvalue weighted by atomic mass is 10.1. The number of hydrogen-bond donors (Lipinski definition) is 0. The zero-order valence-electron chi connectivity index (χ0n) is 15.9. The van der Waals surface area contributed by atoms with E-state index in [1.165, 1.54) is 0 Å². The number of likely N-dealkylation sites (tertiary alicyclic amines) is 1. The number of rotatable bonds is 3. The molecule has 22 heavy (non-hydrogen) atoms. The first-order valence-electron chi connectivity index (χ1n) is 8.44. The molecule has 5 heteroatoms. The van der Waals surface area contributed by atoms with Crippen molar-refractivity contribution in [1.82, 2.24) is 4.90 Å². The highest BCUT2D eigenvalue weighted by Crippen LogP contribution is 2.39. The van der Waals surface area contributed by atoms with Gasteiger partial charge >= 0.3 is 6.09 Å². The summed E-state index contributed by atoms with van der Waals surface area (Å²) in [5.41, 5.74) is -0.451. The molecule has 2 atom stereocenters. The quantitative estimate of drug-likeness (QED) is 0.698. The molecule has 0 radical (unpaired) electrons. The van der Waals surface area contributed by atoms with Crippen LogP contribution in [-0.4, -0.2) is 43.6 Å². The fourth-order valence-corrected chi connectivity index (χ4v) is 3.84. The van der Waals surface area contributed by atoms with Crippen LogP contribution in [0.2, 0.25) is 18.1 Å². The van der Waals surface area contributed by atoms with Gasteiger partial charge in [0.25, 0.3) is 0 Å². The molecule has 0 aromatic rings. The molecular weight excluding hydrogens is 294 g/mol. The number of hydrogen-bond acceptors (Lipinski definition) is 3. The van der Waals surface area contributed by atoms with Gasteiger partial charge in [-0.2, -0.15) is 0 Å². The second-order valence-corrected chi connectivity index (χ2v) is 13.7. The van der Waals surface area contributed by atoms with Gasteiger partial charge < -0.3 is 14.1 Å². The van der Waals surface area contributed by atoms with Crippen molar-refractivity contribution in [1.29, 1.82) is 0 Å². The largest absolute Gasteiger partial charge is 0.444 e. The Bertz CT molecular complexity index is 396. The van der Waals surface area contributed by atoms with Gasteiger partial charge in [0.2, 0.25) is 0 Å². The molecule has 130 valence electrons. The van der Waals surface area contributed by atoms with Gasteiger partial charge in [-0.25, -0.2) is 4.79 Å². The smallest absolute Gasteiger partial charge is 0.410 e. The lowest BCUT2D eigenvalue weighted by Crippen LogP contribution is -2.45. The summed E-state index contributed by atoms with van der Waals surface area (Å²) in [4.78, 5) is 14.3. The molecule has 1 aliphatic rings. The van der Waals surface area contributed by atoms with Crippen LogP contribution in [0.1, 0.15) is 61.3 Å². The second-order valence-electron chi connectivity index (χ2n) is 8.93. The fourth-order valence-electron chi connectivity index (χ4n) is 2.48. The summed E-state index contributed by atoms with van der Waals surface area (Å²) in [6.07, 6.45) is 1.79. The molecule has 1 rings (SSSR count). The monoisotopic (exact) mass is 329 g/mol. The number of carbonyl (C=O) groups excluding carboxylic acids is 1. The molecule has 1 amide bonds. The van der Waals surface area contributed by atoms with Gasteiger partial charge in [-0.1, -0.05) is 27.7 Å². The molecule has 0 N–H and O–H groups in total. The van der Waals surface area contributed by atoms with Gasteiger partial charge in [-0.15, -0.1) is 0 Å². The summed E-state index contributed by atoms with van der Waals surface area (Å²) in [7, 11) is -1.80. The number of carbonyl (C=O) groups is 1. The summed E-state index contributed by atoms with van der Waals surface area (Å²) in [6.45, 7) is 19.8. The standard InChI is InChI=1S/C17H35NO3Si/c1-10-13-11-14(21-22(8,9)17(5,6)7)12-18(13)15(19)20-16(2,3)4/h13-14H,10-12H2,1-9H3. The summed E-state index contributed by atoms with van der Waals surface area (Å²) in [6, 6.07) is 0.226. The summed E-state index contributed by atoms with van der Waals surface area (Å²) in [5.74, 6) is 0. The van der Waals surface area contributed by atoms with Crippen LogP contribution in [0.4, 0.5) is 4.79 Å². The Labute approximate surface area is 137 Å². The number of amides is 1. The molecule has 0 aromatic heterocycles. The van der Waals surface area contributed by atoms with Crippen LogP contribution in [0.5, 0.6) is 0 Å². The van der Waals surface area contributed by atoms with Crippen molar-refractivity contribution >= 4 is 14.4 Å². The Morgan fingerprint density at radius 3 is 2.14 bits per heavy atom. The average molecular weight is 330 g/mol. The molecule has 0 spiro atoms. The molecule has 2 unspecified atom stereocenters. The number of ether oxygens (including phenoxy) is 1. The Kier molecular flexibility index (Phi) is 5.77. The van der Waals surface area contributed by atoms with E-state index in [-0.39, 0.29) is 23.3 Å². The fraction of sp³-hybridized carbons (Fsp3) is 0.941. The van der Waals surface area contributed by atoms with E-state index >= 15 is 0 Å². The lowest BCUT2D eigenvalue weighted by Gasteiger charge is -2.38. The van der Waals surface area contributed by atoms with Crippen LogP contribution in [-0.2, 0) is 9.16 Å². The van der Waals surface area contributed by atoms with E-state index in [1.54, 1.807) is 0 Å². The summed E-state index contributed by atoms with van der Waals surface area (Å²) < 4.78 is 12.0. The Morgan fingerprint density at radius 2 is 1.73 bits per heavy atom. The van der Waals surface area contributed by atoms with Crippen molar-refractivity contribution in [2.24, 2.45) is 0 Å². The molecule has 4 nitrogen and oxygen atoms in total. The zero-order chi connectivity index (χ0) is 17.3. The van der Waals surface area contributed by atoms with Gasteiger partial charge in [0.05, 0.1) is 6.10 Å². The highest BCUT2D eigenvalue weighted by molar-refractivity contribution is 6.74. The van der Waals surface area contributed by atoms with Gasteiger partial charge in [0.1, 0.15) is 5.60 Å². The first kappa shape index (κ1) is 19.5. The van der Waals surface area contributed by atoms with E-state index in [9.17, 15) is 4.79 Å². The molecule has 0 aromatic carbocycles. The molecular formula is C17H35NO3Si. The van der Waals surface area contributed by atoms with E-state index in [2.05, 4.69) is 40.8 Å². The first-order valence-corrected chi connectivity index (χ1v) is 11.3. The second kappa shape index (κ2) is 6.52. The van der Waals surface area contributed by atoms with Crippen LogP contribution in [0.25, 0.3) is 0 Å². The molecule has 0 aliphatic carbocycles. The maximum Gasteiger partial charge on any atom is 0.410 e. The third-order valence-corrected chi connectivity index (χ3v) is 9.28. The van der Waals surface area contributed by atoms with Crippen LogP contribution < -0.4 is 0 Å². The van der Waals surface area contributed by atoms with Crippen molar-refractivity contribution in [3.63, 3.8) is 0 Å². The van der Waals surface area contributed by atoms with Crippen LogP contribution in [0, 0.1) is 0 Å². The van der Waals surface area contributed by atoms with Crippen molar-refractivity contribution < 1.29 is 14.0 Å². The van der Waals surface area contributed by atoms with E-state index in [0.717, 1.165) is 12.8 Å². The third-order valence-electron chi connectivity index (χ3n) is 4.74. The van der Waals surface area contributed by atoms with E-state index in [4.69, 9.17) is 9.16 Å². The van der Waals surface area contributed by atoms with Crippen molar-refractivity contribution in [2.75, 3.05) is 6.54 Å². The zero-order valence-corrected chi connectivity index (χ0v) is 16.9. The SMILES string of the molecule is CCC1CC(O[Si](C)(C)C(C)(C)C)CN1C(=O)OC(C)(C)C. The lowest BCUT2D eigenvalue weighted by molar-refractivity contribution is 0.0208. The predicted octanol–water partition coefficient (Wildman–Crippen LogP) is 4.80. The van der Waals surface area contributed by atoms with Crippen LogP contribution >= 0.6 is 0 Å². The summed E-state index contributed by atoms with van der Waals surface area (Å²) in [5, 5.41) is 0.189. The summed E-state index contributed by atoms with van der Waals surface area (Å²) >= 11 is 0. The highest BCUT2D eigenvalue weighted by Gasteiger charge is 2.43. The Hall–Kier alpha value is -0.553. The predicted molar refractivity (Wildman–Crippen MR) is 93.7 cm³/mol. The number of nitrogens with zero attached hydrogens (tertiary/aromatic N) is 1.